The van der Waals surface area contributed by atoms with Crippen LogP contribution < -0.4 is 9.80 Å². The fraction of sp³-hybridized carbons (Fsp3) is 0.407. The van der Waals surface area contributed by atoms with Crippen molar-refractivity contribution >= 4 is 30.4 Å². The van der Waals surface area contributed by atoms with Gasteiger partial charge in [-0.3, -0.25) is 0 Å². The summed E-state index contributed by atoms with van der Waals surface area (Å²) in [5.41, 5.74) is 23.4. The maximum Gasteiger partial charge on any atom is 0.125 e. The van der Waals surface area contributed by atoms with Gasteiger partial charge in [-0.25, -0.2) is 0 Å². The van der Waals surface area contributed by atoms with E-state index < -0.39 is 0 Å². The van der Waals surface area contributed by atoms with E-state index in [2.05, 4.69) is 149 Å². The van der Waals surface area contributed by atoms with Gasteiger partial charge in [-0.05, 0) is 165 Å². The van der Waals surface area contributed by atoms with Crippen molar-refractivity contribution < 1.29 is 0 Å². The van der Waals surface area contributed by atoms with Crippen LogP contribution >= 0.6 is 7.92 Å². The zero-order valence-corrected chi connectivity index (χ0v) is 36.4. The molecular weight excluding hydrogens is 708 g/mol. The van der Waals surface area contributed by atoms with E-state index in [1.165, 1.54) is 155 Å². The van der Waals surface area contributed by atoms with Gasteiger partial charge in [0.05, 0.1) is 11.4 Å². The first-order valence-electron chi connectivity index (χ1n) is 22.3. The molecule has 1 heterocycles. The molecule has 0 spiro atoms. The molecule has 9 rings (SSSR count). The Labute approximate surface area is 345 Å². The zero-order valence-electron chi connectivity index (χ0n) is 35.5. The Morgan fingerprint density at radius 3 is 1.54 bits per heavy atom. The van der Waals surface area contributed by atoms with Crippen molar-refractivity contribution in [3.05, 3.63) is 164 Å². The fourth-order valence-electron chi connectivity index (χ4n) is 11.9. The molecule has 4 aliphatic carbocycles. The molecule has 5 aliphatic rings. The van der Waals surface area contributed by atoms with Gasteiger partial charge in [0.2, 0.25) is 0 Å². The molecule has 3 heteroatoms. The lowest BCUT2D eigenvalue weighted by atomic mass is 9.83. The van der Waals surface area contributed by atoms with Gasteiger partial charge in [0, 0.05) is 18.1 Å². The second-order valence-corrected chi connectivity index (χ2v) is 21.0. The predicted molar refractivity (Wildman–Crippen MR) is 248 cm³/mol. The highest BCUT2D eigenvalue weighted by molar-refractivity contribution is 7.60. The third-order valence-corrected chi connectivity index (χ3v) is 17.9. The van der Waals surface area contributed by atoms with Crippen molar-refractivity contribution in [2.45, 2.75) is 142 Å². The average Bonchev–Trinajstić information content (AvgIpc) is 3.80. The number of allylic oxidation sites excluding steroid dienone is 4. The maximum absolute atomic E-state index is 2.64. The van der Waals surface area contributed by atoms with Crippen molar-refractivity contribution in [1.82, 2.24) is 0 Å². The number of rotatable bonds is 6. The van der Waals surface area contributed by atoms with Gasteiger partial charge >= 0.3 is 0 Å². The van der Waals surface area contributed by atoms with Crippen LogP contribution in [0.15, 0.2) is 114 Å². The molecule has 3 saturated carbocycles. The van der Waals surface area contributed by atoms with Crippen molar-refractivity contribution in [1.29, 1.82) is 0 Å². The molecule has 0 radical (unpaired) electrons. The summed E-state index contributed by atoms with van der Waals surface area (Å²) in [7, 11) is -0.219. The van der Waals surface area contributed by atoms with Crippen LogP contribution in [0.3, 0.4) is 0 Å². The minimum absolute atomic E-state index is 0.219. The van der Waals surface area contributed by atoms with E-state index in [1.807, 2.05) is 0 Å². The lowest BCUT2D eigenvalue weighted by molar-refractivity contribution is 0.479. The van der Waals surface area contributed by atoms with E-state index in [-0.39, 0.29) is 7.92 Å². The lowest BCUT2D eigenvalue weighted by Crippen LogP contribution is -2.33. The largest absolute Gasteiger partial charge is 0.301 e. The average molecular weight is 771 g/mol. The van der Waals surface area contributed by atoms with Gasteiger partial charge in [-0.15, -0.1) is 0 Å². The summed E-state index contributed by atoms with van der Waals surface area (Å²) in [6.45, 7) is 13.8. The number of nitrogens with zero attached hydrogens (tertiary/aromatic N) is 2. The summed E-state index contributed by atoms with van der Waals surface area (Å²) >= 11 is 0. The van der Waals surface area contributed by atoms with E-state index in [0.29, 0.717) is 5.66 Å². The quantitative estimate of drug-likeness (QED) is 0.180. The first kappa shape index (κ1) is 38.4. The Morgan fingerprint density at radius 2 is 1.02 bits per heavy atom. The topological polar surface area (TPSA) is 6.48 Å². The molecule has 57 heavy (non-hydrogen) atoms. The molecule has 1 unspecified atom stereocenters. The van der Waals surface area contributed by atoms with Crippen LogP contribution in [0, 0.1) is 41.5 Å². The van der Waals surface area contributed by atoms with Gasteiger partial charge < -0.3 is 9.80 Å². The van der Waals surface area contributed by atoms with E-state index in [4.69, 9.17) is 0 Å². The molecular formula is C54H63N2P. The summed E-state index contributed by atoms with van der Waals surface area (Å²) < 4.78 is 0. The molecule has 4 aromatic carbocycles. The molecule has 294 valence electrons. The molecule has 4 aromatic rings. The zero-order chi connectivity index (χ0) is 39.2. The van der Waals surface area contributed by atoms with Gasteiger partial charge in [0.25, 0.3) is 0 Å². The summed E-state index contributed by atoms with van der Waals surface area (Å²) in [5.74, 6) is 1.37. The smallest absolute Gasteiger partial charge is 0.125 e. The number of anilines is 2. The maximum atomic E-state index is 2.64. The molecule has 0 saturated heterocycles. The Hall–Kier alpha value is -4.13. The van der Waals surface area contributed by atoms with Crippen LogP contribution in [0.1, 0.15) is 134 Å². The van der Waals surface area contributed by atoms with Gasteiger partial charge in [-0.2, -0.15) is 0 Å². The highest BCUT2D eigenvalue weighted by atomic mass is 31.1. The molecule has 1 aliphatic heterocycles. The molecule has 0 aromatic heterocycles. The van der Waals surface area contributed by atoms with Gasteiger partial charge in [0.1, 0.15) is 5.82 Å². The van der Waals surface area contributed by atoms with E-state index in [9.17, 15) is 0 Å². The summed E-state index contributed by atoms with van der Waals surface area (Å²) in [4.78, 5) is 5.24. The predicted octanol–water partition coefficient (Wildman–Crippen LogP) is 15.1. The molecule has 1 atom stereocenters. The van der Waals surface area contributed by atoms with Crippen molar-refractivity contribution in [2.24, 2.45) is 0 Å². The summed E-state index contributed by atoms with van der Waals surface area (Å²) in [6.07, 6.45) is 25.4. The highest BCUT2D eigenvalue weighted by Gasteiger charge is 2.44. The Balaban J connectivity index is 1.36. The van der Waals surface area contributed by atoms with Crippen molar-refractivity contribution in [3.63, 3.8) is 0 Å². The van der Waals surface area contributed by atoms with E-state index in [1.54, 1.807) is 11.1 Å². The highest BCUT2D eigenvalue weighted by Crippen LogP contribution is 2.65. The Kier molecular flexibility index (Phi) is 10.9. The standard InChI is InChI=1S/C54H63N2P/c1-36-31-38(3)52(39(4)32-36)55-29-30-56(53-40(5)33-37(2)34-41(53)6)54(55)47-27-18-28-50(57(43-21-12-8-13-22-43)44-23-14-9-15-24-44)51(47)49-35-48(42-19-10-7-11-20-42)45-25-16-17-26-46(45)49/h7,10-11,16-17,19-20,25-26,29-35,43-44,50H,8-9,12-15,18,21-24,27-28H2,1-6H3. The Morgan fingerprint density at radius 1 is 0.526 bits per heavy atom. The van der Waals surface area contributed by atoms with Crippen LogP contribution in [0.4, 0.5) is 11.4 Å². The van der Waals surface area contributed by atoms with Crippen LogP contribution in [-0.4, -0.2) is 17.0 Å². The second kappa shape index (κ2) is 16.3. The first-order valence-corrected chi connectivity index (χ1v) is 23.9. The third-order valence-electron chi connectivity index (χ3n) is 13.9. The molecule has 2 nitrogen and oxygen atoms in total. The molecule has 0 bridgehead atoms. The van der Waals surface area contributed by atoms with E-state index >= 15 is 0 Å². The van der Waals surface area contributed by atoms with E-state index in [0.717, 1.165) is 17.7 Å². The second-order valence-electron chi connectivity index (χ2n) is 18.1. The Bertz CT molecular complexity index is 2140. The van der Waals surface area contributed by atoms with Crippen LogP contribution in [0.5, 0.6) is 0 Å². The number of fused-ring (bicyclic) bond motifs is 1. The fourth-order valence-corrected chi connectivity index (χ4v) is 16.5. The van der Waals surface area contributed by atoms with Crippen molar-refractivity contribution in [2.75, 3.05) is 9.80 Å². The van der Waals surface area contributed by atoms with Gasteiger partial charge in [-0.1, -0.05) is 136 Å². The van der Waals surface area contributed by atoms with Crippen LogP contribution in [0.25, 0.3) is 11.1 Å². The minimum Gasteiger partial charge on any atom is -0.301 e. The molecule has 3 fully saturated rings. The summed E-state index contributed by atoms with van der Waals surface area (Å²) in [6, 6.07) is 30.2. The monoisotopic (exact) mass is 770 g/mol. The van der Waals surface area contributed by atoms with Crippen LogP contribution in [0.2, 0.25) is 0 Å². The number of aryl methyl sites for hydroxylation is 6. The number of hydrogen-bond donors (Lipinski definition) is 0. The number of benzene rings is 4. The molecule has 0 amide bonds. The van der Waals surface area contributed by atoms with Crippen molar-refractivity contribution in [3.8, 4) is 0 Å². The molecule has 0 N–H and O–H groups in total. The first-order chi connectivity index (χ1) is 27.8. The normalized spacial score (nSPS) is 21.9. The summed E-state index contributed by atoms with van der Waals surface area (Å²) in [5, 5.41) is 0. The van der Waals surface area contributed by atoms with Gasteiger partial charge in [0.15, 0.2) is 0 Å². The third kappa shape index (κ3) is 7.20. The minimum atomic E-state index is -0.219. The number of hydrogen-bond acceptors (Lipinski definition) is 2. The SMILES string of the molecule is Cc1cc(C)c(N2C=CN(c3c(C)cc(C)cc3C)C2=C2CCCC(P(C3CCCCC3)C3CCCCC3)C2=C2C=C(c3ccccc3)c3ccccc32)c(C)c1. The lowest BCUT2D eigenvalue weighted by Gasteiger charge is -2.47. The van der Waals surface area contributed by atoms with Crippen LogP contribution in [-0.2, 0) is 0 Å².